The van der Waals surface area contributed by atoms with E-state index in [1.807, 2.05) is 35.0 Å². The molecule has 0 bridgehead atoms. The molecule has 0 fully saturated rings. The Morgan fingerprint density at radius 1 is 0.833 bits per heavy atom. The molecule has 10 nitrogen and oxygen atoms in total. The van der Waals surface area contributed by atoms with E-state index in [2.05, 4.69) is 10.3 Å². The zero-order valence-electron chi connectivity index (χ0n) is 23.5. The van der Waals surface area contributed by atoms with Gasteiger partial charge in [0.25, 0.3) is 11.5 Å². The summed E-state index contributed by atoms with van der Waals surface area (Å²) in [5.74, 6) is 2.03. The average molecular weight is 567 g/mol. The van der Waals surface area contributed by atoms with E-state index in [1.54, 1.807) is 61.5 Å². The van der Waals surface area contributed by atoms with E-state index in [4.69, 9.17) is 18.9 Å². The number of anilines is 1. The van der Waals surface area contributed by atoms with Crippen LogP contribution in [0.15, 0.2) is 77.7 Å². The normalized spacial score (nSPS) is 12.5. The zero-order valence-corrected chi connectivity index (χ0v) is 23.5. The molecule has 42 heavy (non-hydrogen) atoms. The van der Waals surface area contributed by atoms with E-state index in [1.165, 1.54) is 7.11 Å². The number of amides is 1. The molecule has 3 heterocycles. The van der Waals surface area contributed by atoms with Crippen molar-refractivity contribution in [2.45, 2.75) is 25.8 Å². The molecule has 0 saturated heterocycles. The second-order valence-corrected chi connectivity index (χ2v) is 9.81. The van der Waals surface area contributed by atoms with Crippen LogP contribution in [0.25, 0.3) is 16.6 Å². The van der Waals surface area contributed by atoms with Crippen LogP contribution in [0.5, 0.6) is 28.7 Å². The number of nitrogens with one attached hydrogen (secondary N) is 1. The molecule has 0 spiro atoms. The largest absolute Gasteiger partial charge is 0.493 e. The van der Waals surface area contributed by atoms with Crippen molar-refractivity contribution >= 4 is 22.5 Å². The molecule has 5 aromatic rings. The second-order valence-electron chi connectivity index (χ2n) is 9.81. The van der Waals surface area contributed by atoms with Crippen molar-refractivity contribution in [3.05, 3.63) is 94.5 Å². The summed E-state index contributed by atoms with van der Waals surface area (Å²) in [5, 5.41) is 3.62. The van der Waals surface area contributed by atoms with E-state index < -0.39 is 5.91 Å². The third-order valence-electron chi connectivity index (χ3n) is 7.36. The third kappa shape index (κ3) is 4.81. The molecule has 0 atom stereocenters. The number of methoxy groups -OCH3 is 3. The predicted molar refractivity (Wildman–Crippen MR) is 159 cm³/mol. The molecule has 10 heteroatoms. The lowest BCUT2D eigenvalue weighted by Gasteiger charge is -2.19. The lowest BCUT2D eigenvalue weighted by Crippen LogP contribution is -2.25. The van der Waals surface area contributed by atoms with Gasteiger partial charge >= 0.3 is 0 Å². The number of hydrogen-bond donors (Lipinski definition) is 1. The first-order valence-corrected chi connectivity index (χ1v) is 13.6. The average Bonchev–Trinajstić information content (AvgIpc) is 3.33. The fraction of sp³-hybridized carbons (Fsp3) is 0.219. The van der Waals surface area contributed by atoms with Gasteiger partial charge in [-0.2, -0.15) is 0 Å². The van der Waals surface area contributed by atoms with Gasteiger partial charge in [-0.25, -0.2) is 4.68 Å². The summed E-state index contributed by atoms with van der Waals surface area (Å²) in [4.78, 5) is 31.5. The Labute approximate surface area is 242 Å². The summed E-state index contributed by atoms with van der Waals surface area (Å²) in [6.07, 6.45) is 4.16. The molecule has 3 aromatic carbocycles. The highest BCUT2D eigenvalue weighted by Gasteiger charge is 2.28. The molecular formula is C32H30N4O6. The summed E-state index contributed by atoms with van der Waals surface area (Å²) in [5.41, 5.74) is 2.44. The van der Waals surface area contributed by atoms with E-state index in [9.17, 15) is 9.59 Å². The maximum atomic E-state index is 13.6. The highest BCUT2D eigenvalue weighted by molar-refractivity contribution is 6.05. The number of rotatable bonds is 8. The smallest absolute Gasteiger partial charge is 0.284 e. The van der Waals surface area contributed by atoms with Gasteiger partial charge in [-0.3, -0.25) is 19.3 Å². The number of carbonyl (C=O) groups excluding carboxylic acids is 1. The Kier molecular flexibility index (Phi) is 7.26. The van der Waals surface area contributed by atoms with Gasteiger partial charge in [0.2, 0.25) is 0 Å². The zero-order chi connectivity index (χ0) is 29.2. The highest BCUT2D eigenvalue weighted by Crippen LogP contribution is 2.39. The number of nitrogens with zero attached hydrogens (tertiary/aromatic N) is 3. The van der Waals surface area contributed by atoms with Gasteiger partial charge in [0.15, 0.2) is 23.0 Å². The van der Waals surface area contributed by atoms with Crippen LogP contribution in [0.2, 0.25) is 0 Å². The van der Waals surface area contributed by atoms with Gasteiger partial charge in [-0.1, -0.05) is 18.2 Å². The summed E-state index contributed by atoms with van der Waals surface area (Å²) in [6.45, 7) is 0.676. The van der Waals surface area contributed by atoms with Gasteiger partial charge < -0.3 is 24.3 Å². The monoisotopic (exact) mass is 566 g/mol. The molecule has 0 aliphatic carbocycles. The van der Waals surface area contributed by atoms with Crippen LogP contribution in [0, 0.1) is 0 Å². The van der Waals surface area contributed by atoms with Crippen molar-refractivity contribution in [1.29, 1.82) is 0 Å². The topological polar surface area (TPSA) is 106 Å². The van der Waals surface area contributed by atoms with E-state index in [-0.39, 0.29) is 11.1 Å². The van der Waals surface area contributed by atoms with Crippen LogP contribution in [0.4, 0.5) is 5.69 Å². The van der Waals surface area contributed by atoms with Crippen LogP contribution in [-0.2, 0) is 13.0 Å². The van der Waals surface area contributed by atoms with Crippen molar-refractivity contribution in [1.82, 2.24) is 14.3 Å². The molecule has 1 amide bonds. The molecule has 0 radical (unpaired) electrons. The van der Waals surface area contributed by atoms with Crippen molar-refractivity contribution in [3.8, 4) is 34.4 Å². The molecule has 0 unspecified atom stereocenters. The fourth-order valence-electron chi connectivity index (χ4n) is 5.36. The lowest BCUT2D eigenvalue weighted by molar-refractivity contribution is 0.102. The molecule has 1 aliphatic rings. The van der Waals surface area contributed by atoms with Crippen LogP contribution in [0.3, 0.4) is 0 Å². The number of para-hydroxylation sites is 1. The highest BCUT2D eigenvalue weighted by atomic mass is 16.5. The molecule has 0 saturated carbocycles. The van der Waals surface area contributed by atoms with Crippen LogP contribution in [-0.4, -0.2) is 41.6 Å². The lowest BCUT2D eigenvalue weighted by atomic mass is 10.1. The molecule has 2 aromatic heterocycles. The number of benzene rings is 3. The Morgan fingerprint density at radius 2 is 1.57 bits per heavy atom. The van der Waals surface area contributed by atoms with Gasteiger partial charge in [-0.05, 0) is 55.7 Å². The molecular weight excluding hydrogens is 536 g/mol. The summed E-state index contributed by atoms with van der Waals surface area (Å²) < 4.78 is 26.2. The third-order valence-corrected chi connectivity index (χ3v) is 7.36. The molecule has 1 aliphatic heterocycles. The van der Waals surface area contributed by atoms with Crippen molar-refractivity contribution in [2.75, 3.05) is 26.6 Å². The second kappa shape index (κ2) is 11.3. The van der Waals surface area contributed by atoms with Crippen molar-refractivity contribution in [3.63, 3.8) is 0 Å². The van der Waals surface area contributed by atoms with Crippen LogP contribution in [0.1, 0.15) is 28.9 Å². The SMILES string of the molecule is COc1cc2nccc(Oc3ccc(NC(=O)c4c5n(n(-c6ccccc6)c4=O)CCCC5)cc3OC)c2cc1OC. The Balaban J connectivity index is 1.30. The minimum absolute atomic E-state index is 0.158. The molecule has 6 rings (SSSR count). The molecule has 214 valence electrons. The Bertz CT molecular complexity index is 1840. The van der Waals surface area contributed by atoms with Crippen molar-refractivity contribution < 1.29 is 23.7 Å². The number of fused-ring (bicyclic) bond motifs is 2. The predicted octanol–water partition coefficient (Wildman–Crippen LogP) is 5.59. The Hall–Kier alpha value is -5.25. The first-order chi connectivity index (χ1) is 20.5. The number of aromatic nitrogens is 3. The van der Waals surface area contributed by atoms with Crippen LogP contribution >= 0.6 is 0 Å². The maximum absolute atomic E-state index is 13.6. The fourth-order valence-corrected chi connectivity index (χ4v) is 5.36. The van der Waals surface area contributed by atoms with Gasteiger partial charge in [0.1, 0.15) is 11.3 Å². The summed E-state index contributed by atoms with van der Waals surface area (Å²) in [7, 11) is 4.66. The number of carbonyl (C=O) groups is 1. The van der Waals surface area contributed by atoms with Gasteiger partial charge in [-0.15, -0.1) is 0 Å². The van der Waals surface area contributed by atoms with Crippen LogP contribution < -0.4 is 29.8 Å². The standard InChI is InChI=1S/C32H30N4O6/c1-39-27-17-20(12-13-26(27)42-25-14-15-33-23-19-29(41-3)28(40-2)18-22(23)25)34-31(37)30-24-11-7-8-16-35(24)36(32(30)38)21-9-5-4-6-10-21/h4-6,9-10,12-15,17-19H,7-8,11,16H2,1-3H3,(H,34,37). The number of hydrogen-bond acceptors (Lipinski definition) is 7. The summed E-state index contributed by atoms with van der Waals surface area (Å²) >= 11 is 0. The van der Waals surface area contributed by atoms with Gasteiger partial charge in [0.05, 0.1) is 38.2 Å². The number of pyridine rings is 1. The minimum atomic E-state index is -0.461. The quantitative estimate of drug-likeness (QED) is 0.261. The van der Waals surface area contributed by atoms with Gasteiger partial charge in [0, 0.05) is 35.9 Å². The molecule has 1 N–H and O–H groups in total. The Morgan fingerprint density at radius 3 is 2.33 bits per heavy atom. The minimum Gasteiger partial charge on any atom is -0.493 e. The first-order valence-electron chi connectivity index (χ1n) is 13.6. The van der Waals surface area contributed by atoms with E-state index in [0.717, 1.165) is 29.6 Å². The van der Waals surface area contributed by atoms with E-state index >= 15 is 0 Å². The van der Waals surface area contributed by atoms with E-state index in [0.29, 0.717) is 52.9 Å². The number of ether oxygens (including phenoxy) is 4. The summed E-state index contributed by atoms with van der Waals surface area (Å²) in [6, 6.07) is 19.8. The first kappa shape index (κ1) is 26.9. The maximum Gasteiger partial charge on any atom is 0.284 e. The van der Waals surface area contributed by atoms with Crippen molar-refractivity contribution in [2.24, 2.45) is 0 Å².